The van der Waals surface area contributed by atoms with Crippen molar-refractivity contribution in [3.63, 3.8) is 0 Å². The van der Waals surface area contributed by atoms with Gasteiger partial charge in [-0.05, 0) is 47.5 Å². The summed E-state index contributed by atoms with van der Waals surface area (Å²) in [6, 6.07) is 20.4. The zero-order chi connectivity index (χ0) is 24.0. The maximum atomic E-state index is 14.0. The van der Waals surface area contributed by atoms with Crippen LogP contribution in [-0.2, 0) is 6.54 Å². The summed E-state index contributed by atoms with van der Waals surface area (Å²) in [6.07, 6.45) is 0.484. The second-order valence-electron chi connectivity index (χ2n) is 8.91. The van der Waals surface area contributed by atoms with Crippen LogP contribution in [0.1, 0.15) is 23.7 Å². The number of para-hydroxylation sites is 2. The Labute approximate surface area is 205 Å². The van der Waals surface area contributed by atoms with Crippen molar-refractivity contribution in [3.8, 4) is 23.0 Å². The van der Waals surface area contributed by atoms with Gasteiger partial charge in [-0.2, -0.15) is 0 Å². The Balaban J connectivity index is 1.18. The maximum Gasteiger partial charge on any atom is 0.231 e. The number of methoxy groups -OCH3 is 1. The minimum atomic E-state index is -0.270. The third kappa shape index (κ3) is 5.86. The van der Waals surface area contributed by atoms with E-state index in [-0.39, 0.29) is 11.9 Å². The molecule has 0 saturated carbocycles. The van der Waals surface area contributed by atoms with Crippen LogP contribution >= 0.6 is 0 Å². The van der Waals surface area contributed by atoms with Crippen molar-refractivity contribution in [2.24, 2.45) is 0 Å². The Kier molecular flexibility index (Phi) is 7.35. The fourth-order valence-corrected chi connectivity index (χ4v) is 4.64. The van der Waals surface area contributed by atoms with E-state index in [1.165, 1.54) is 11.6 Å². The molecular weight excluding hydrogens is 447 g/mol. The van der Waals surface area contributed by atoms with Crippen molar-refractivity contribution in [2.45, 2.75) is 19.1 Å². The number of rotatable bonds is 9. The van der Waals surface area contributed by atoms with Crippen molar-refractivity contribution >= 4 is 0 Å². The molecule has 7 heteroatoms. The maximum absolute atomic E-state index is 14.0. The summed E-state index contributed by atoms with van der Waals surface area (Å²) in [7, 11) is 1.63. The topological polar surface area (TPSA) is 43.4 Å². The van der Waals surface area contributed by atoms with Gasteiger partial charge < -0.3 is 23.8 Å². The molecule has 1 saturated heterocycles. The van der Waals surface area contributed by atoms with Crippen molar-refractivity contribution in [1.29, 1.82) is 0 Å². The highest BCUT2D eigenvalue weighted by molar-refractivity contribution is 5.44. The number of piperazine rings is 1. The lowest BCUT2D eigenvalue weighted by Crippen LogP contribution is -2.46. The first kappa shape index (κ1) is 23.5. The van der Waals surface area contributed by atoms with Crippen LogP contribution < -0.4 is 18.9 Å². The highest BCUT2D eigenvalue weighted by atomic mass is 19.1. The molecule has 1 fully saturated rings. The van der Waals surface area contributed by atoms with E-state index in [4.69, 9.17) is 18.9 Å². The smallest absolute Gasteiger partial charge is 0.231 e. The van der Waals surface area contributed by atoms with Crippen LogP contribution in [0.25, 0.3) is 0 Å². The van der Waals surface area contributed by atoms with Crippen molar-refractivity contribution in [1.82, 2.24) is 9.80 Å². The number of ether oxygens (including phenoxy) is 4. The molecule has 6 nitrogen and oxygen atoms in total. The molecule has 3 aromatic rings. The number of halogens is 1. The van der Waals surface area contributed by atoms with E-state index in [0.29, 0.717) is 18.3 Å². The Morgan fingerprint density at radius 1 is 0.857 bits per heavy atom. The molecule has 0 amide bonds. The van der Waals surface area contributed by atoms with E-state index >= 15 is 0 Å². The standard InChI is InChI=1S/C28H31FN2O4/c1-32-25-7-2-3-8-27(25)35-24(22-5-4-6-23(29)18-22)11-12-30-13-15-31(16-14-30)19-21-9-10-26-28(17-21)34-20-33-26/h2-10,17-18,24H,11-16,19-20H2,1H3/t24-/m0/s1. The lowest BCUT2D eigenvalue weighted by Gasteiger charge is -2.35. The molecule has 184 valence electrons. The number of nitrogens with zero attached hydrogens (tertiary/aromatic N) is 2. The van der Waals surface area contributed by atoms with Gasteiger partial charge in [0.2, 0.25) is 6.79 Å². The molecule has 2 aliphatic rings. The third-order valence-electron chi connectivity index (χ3n) is 6.57. The second kappa shape index (κ2) is 11.0. The van der Waals surface area contributed by atoms with Gasteiger partial charge in [-0.25, -0.2) is 4.39 Å². The molecule has 0 radical (unpaired) electrons. The van der Waals surface area contributed by atoms with Gasteiger partial charge in [0, 0.05) is 45.7 Å². The first-order chi connectivity index (χ1) is 17.2. The molecule has 2 heterocycles. The molecule has 0 aliphatic carbocycles. The molecule has 0 aromatic heterocycles. The zero-order valence-corrected chi connectivity index (χ0v) is 20.0. The lowest BCUT2D eigenvalue weighted by molar-refractivity contribution is 0.105. The molecule has 35 heavy (non-hydrogen) atoms. The summed E-state index contributed by atoms with van der Waals surface area (Å²) in [5.74, 6) is 2.73. The Morgan fingerprint density at radius 2 is 1.63 bits per heavy atom. The Hall–Kier alpha value is -3.29. The highest BCUT2D eigenvalue weighted by Gasteiger charge is 2.22. The normalized spacial score (nSPS) is 16.7. The first-order valence-corrected chi connectivity index (χ1v) is 12.1. The van der Waals surface area contributed by atoms with Crippen molar-refractivity contribution in [2.75, 3.05) is 46.6 Å². The third-order valence-corrected chi connectivity index (χ3v) is 6.57. The summed E-state index contributed by atoms with van der Waals surface area (Å²) in [6.45, 7) is 6.01. The average Bonchev–Trinajstić information content (AvgIpc) is 3.35. The van der Waals surface area contributed by atoms with Crippen LogP contribution in [0.5, 0.6) is 23.0 Å². The van der Waals surface area contributed by atoms with Crippen molar-refractivity contribution < 1.29 is 23.3 Å². The number of benzene rings is 3. The van der Waals surface area contributed by atoms with Crippen LogP contribution in [0.4, 0.5) is 4.39 Å². The number of fused-ring (bicyclic) bond motifs is 1. The molecular formula is C28H31FN2O4. The molecule has 1 atom stereocenters. The van der Waals surface area contributed by atoms with Gasteiger partial charge in [-0.3, -0.25) is 4.90 Å². The number of hydrogen-bond acceptors (Lipinski definition) is 6. The monoisotopic (exact) mass is 478 g/mol. The SMILES string of the molecule is COc1ccccc1O[C@@H](CCN1CCN(Cc2ccc3c(c2)OCO3)CC1)c1cccc(F)c1. The molecule has 5 rings (SSSR count). The zero-order valence-electron chi connectivity index (χ0n) is 20.0. The molecule has 2 aliphatic heterocycles. The molecule has 0 unspecified atom stereocenters. The molecule has 0 bridgehead atoms. The molecule has 0 spiro atoms. The predicted octanol–water partition coefficient (Wildman–Crippen LogP) is 4.89. The van der Waals surface area contributed by atoms with E-state index in [2.05, 4.69) is 21.9 Å². The summed E-state index contributed by atoms with van der Waals surface area (Å²) in [5.41, 5.74) is 2.07. The molecule has 3 aromatic carbocycles. The van der Waals surface area contributed by atoms with Gasteiger partial charge in [0.1, 0.15) is 11.9 Å². The van der Waals surface area contributed by atoms with E-state index in [0.717, 1.165) is 62.8 Å². The summed E-state index contributed by atoms with van der Waals surface area (Å²) >= 11 is 0. The quantitative estimate of drug-likeness (QED) is 0.436. The Morgan fingerprint density at radius 3 is 2.43 bits per heavy atom. The highest BCUT2D eigenvalue weighted by Crippen LogP contribution is 2.34. The number of hydrogen-bond donors (Lipinski definition) is 0. The van der Waals surface area contributed by atoms with Gasteiger partial charge in [0.25, 0.3) is 0 Å². The predicted molar refractivity (Wildman–Crippen MR) is 132 cm³/mol. The summed E-state index contributed by atoms with van der Waals surface area (Å²) < 4.78 is 36.7. The fourth-order valence-electron chi connectivity index (χ4n) is 4.64. The van der Waals surface area contributed by atoms with Gasteiger partial charge >= 0.3 is 0 Å². The van der Waals surface area contributed by atoms with Crippen LogP contribution in [0.2, 0.25) is 0 Å². The second-order valence-corrected chi connectivity index (χ2v) is 8.91. The van der Waals surface area contributed by atoms with Crippen LogP contribution in [0.15, 0.2) is 66.7 Å². The van der Waals surface area contributed by atoms with Gasteiger partial charge in [0.05, 0.1) is 7.11 Å². The van der Waals surface area contributed by atoms with E-state index in [9.17, 15) is 4.39 Å². The Bertz CT molecular complexity index is 1130. The van der Waals surface area contributed by atoms with E-state index < -0.39 is 0 Å². The van der Waals surface area contributed by atoms with Crippen LogP contribution in [-0.4, -0.2) is 56.4 Å². The largest absolute Gasteiger partial charge is 0.493 e. The van der Waals surface area contributed by atoms with E-state index in [1.807, 2.05) is 36.4 Å². The van der Waals surface area contributed by atoms with E-state index in [1.54, 1.807) is 19.2 Å². The fraction of sp³-hybridized carbons (Fsp3) is 0.357. The summed E-state index contributed by atoms with van der Waals surface area (Å²) in [4.78, 5) is 4.91. The minimum Gasteiger partial charge on any atom is -0.493 e. The average molecular weight is 479 g/mol. The molecule has 0 N–H and O–H groups in total. The van der Waals surface area contributed by atoms with Gasteiger partial charge in [-0.15, -0.1) is 0 Å². The minimum absolute atomic E-state index is 0.256. The van der Waals surface area contributed by atoms with Crippen molar-refractivity contribution in [3.05, 3.63) is 83.7 Å². The summed E-state index contributed by atoms with van der Waals surface area (Å²) in [5, 5.41) is 0. The van der Waals surface area contributed by atoms with Crippen LogP contribution in [0, 0.1) is 5.82 Å². The van der Waals surface area contributed by atoms with Gasteiger partial charge in [-0.1, -0.05) is 30.3 Å². The first-order valence-electron chi connectivity index (χ1n) is 12.1. The van der Waals surface area contributed by atoms with Gasteiger partial charge in [0.15, 0.2) is 23.0 Å². The van der Waals surface area contributed by atoms with Crippen LogP contribution in [0.3, 0.4) is 0 Å². The lowest BCUT2D eigenvalue weighted by atomic mass is 10.1.